The maximum absolute atomic E-state index is 13.2. The molecule has 0 saturated carbocycles. The van der Waals surface area contributed by atoms with Gasteiger partial charge in [-0.2, -0.15) is 4.31 Å². The van der Waals surface area contributed by atoms with Crippen molar-refractivity contribution in [3.8, 4) is 0 Å². The summed E-state index contributed by atoms with van der Waals surface area (Å²) in [7, 11) is -4.14. The third-order valence-corrected chi connectivity index (χ3v) is 7.43. The quantitative estimate of drug-likeness (QED) is 0.576. The number of para-hydroxylation sites is 1. The van der Waals surface area contributed by atoms with Crippen LogP contribution >= 0.6 is 0 Å². The van der Waals surface area contributed by atoms with Gasteiger partial charge in [-0.25, -0.2) is 8.42 Å². The van der Waals surface area contributed by atoms with Crippen molar-refractivity contribution in [2.24, 2.45) is 0 Å². The first-order valence-corrected chi connectivity index (χ1v) is 10.8. The molecule has 0 radical (unpaired) electrons. The van der Waals surface area contributed by atoms with E-state index in [2.05, 4.69) is 0 Å². The topological polar surface area (TPSA) is 101 Å². The molecule has 1 amide bonds. The lowest BCUT2D eigenvalue weighted by Gasteiger charge is -2.40. The monoisotopic (exact) mass is 395 g/mol. The van der Waals surface area contributed by atoms with Crippen molar-refractivity contribution in [2.75, 3.05) is 13.1 Å². The Morgan fingerprint density at radius 2 is 1.78 bits per heavy atom. The van der Waals surface area contributed by atoms with Gasteiger partial charge in [-0.3, -0.25) is 14.9 Å². The zero-order valence-corrected chi connectivity index (χ0v) is 16.2. The molecule has 0 aliphatic carbocycles. The van der Waals surface area contributed by atoms with E-state index in [1.54, 1.807) is 4.90 Å². The number of hydrogen-bond acceptors (Lipinski definition) is 5. The first-order valence-electron chi connectivity index (χ1n) is 9.40. The number of sulfonamides is 1. The van der Waals surface area contributed by atoms with E-state index in [-0.39, 0.29) is 23.4 Å². The van der Waals surface area contributed by atoms with Gasteiger partial charge in [-0.1, -0.05) is 18.6 Å². The van der Waals surface area contributed by atoms with Gasteiger partial charge in [0.15, 0.2) is 4.90 Å². The van der Waals surface area contributed by atoms with Crippen LogP contribution in [0.15, 0.2) is 29.2 Å². The van der Waals surface area contributed by atoms with Crippen molar-refractivity contribution < 1.29 is 18.1 Å². The van der Waals surface area contributed by atoms with Crippen LogP contribution in [0.1, 0.15) is 45.4 Å². The first kappa shape index (κ1) is 19.8. The number of likely N-dealkylation sites (tertiary alicyclic amines) is 1. The minimum atomic E-state index is -4.14. The van der Waals surface area contributed by atoms with Gasteiger partial charge in [0.1, 0.15) is 6.04 Å². The van der Waals surface area contributed by atoms with Gasteiger partial charge < -0.3 is 4.90 Å². The number of piperidine rings is 2. The van der Waals surface area contributed by atoms with E-state index < -0.39 is 26.7 Å². The summed E-state index contributed by atoms with van der Waals surface area (Å²) in [4.78, 5) is 25.2. The van der Waals surface area contributed by atoms with Gasteiger partial charge in [0.05, 0.1) is 4.92 Å². The Morgan fingerprint density at radius 1 is 1.11 bits per heavy atom. The summed E-state index contributed by atoms with van der Waals surface area (Å²) in [5, 5.41) is 11.3. The van der Waals surface area contributed by atoms with Crippen LogP contribution in [0.5, 0.6) is 0 Å². The second-order valence-corrected chi connectivity index (χ2v) is 9.09. The molecule has 27 heavy (non-hydrogen) atoms. The predicted molar refractivity (Wildman–Crippen MR) is 99.7 cm³/mol. The summed E-state index contributed by atoms with van der Waals surface area (Å²) in [5.74, 6) is -0.177. The zero-order chi connectivity index (χ0) is 19.6. The van der Waals surface area contributed by atoms with E-state index in [0.717, 1.165) is 25.7 Å². The minimum absolute atomic E-state index is 0.0868. The molecule has 148 valence electrons. The van der Waals surface area contributed by atoms with E-state index in [4.69, 9.17) is 0 Å². The van der Waals surface area contributed by atoms with Crippen LogP contribution in [0.25, 0.3) is 0 Å². The second kappa shape index (κ2) is 7.93. The van der Waals surface area contributed by atoms with Gasteiger partial charge in [-0.15, -0.1) is 0 Å². The highest BCUT2D eigenvalue weighted by atomic mass is 32.2. The highest BCUT2D eigenvalue weighted by Crippen LogP contribution is 2.32. The molecule has 2 aliphatic rings. The SMILES string of the molecule is C[C@@H]1CCCCN1C(=O)[C@@H]1CCCCN1S(=O)(=O)c1ccccc1[N+](=O)[O-]. The van der Waals surface area contributed by atoms with E-state index in [1.165, 1.54) is 28.6 Å². The van der Waals surface area contributed by atoms with Gasteiger partial charge in [-0.05, 0) is 45.1 Å². The normalized spacial score (nSPS) is 24.6. The summed E-state index contributed by atoms with van der Waals surface area (Å²) < 4.78 is 27.7. The largest absolute Gasteiger partial charge is 0.339 e. The van der Waals surface area contributed by atoms with Gasteiger partial charge >= 0.3 is 0 Å². The summed E-state index contributed by atoms with van der Waals surface area (Å²) in [6.45, 7) is 2.82. The molecule has 2 fully saturated rings. The number of nitro groups is 1. The standard InChI is InChI=1S/C18H25N3O5S/c1-14-8-4-6-12-19(14)18(22)16-10-5-7-13-20(16)27(25,26)17-11-3-2-9-15(17)21(23)24/h2-3,9,11,14,16H,4-8,10,12-13H2,1H3/t14-,16+/m1/s1. The number of carbonyl (C=O) groups excluding carboxylic acids is 1. The summed E-state index contributed by atoms with van der Waals surface area (Å²) in [6.07, 6.45) is 4.74. The lowest BCUT2D eigenvalue weighted by molar-refractivity contribution is -0.387. The van der Waals surface area contributed by atoms with E-state index >= 15 is 0 Å². The Kier molecular flexibility index (Phi) is 5.81. The number of benzene rings is 1. The zero-order valence-electron chi connectivity index (χ0n) is 15.4. The Bertz CT molecular complexity index is 826. The van der Waals surface area contributed by atoms with E-state index in [1.807, 2.05) is 6.92 Å². The summed E-state index contributed by atoms with van der Waals surface area (Å²) in [6, 6.07) is 4.62. The molecule has 0 spiro atoms. The smallest absolute Gasteiger partial charge is 0.289 e. The molecule has 9 heteroatoms. The Balaban J connectivity index is 1.95. The highest BCUT2D eigenvalue weighted by molar-refractivity contribution is 7.89. The van der Waals surface area contributed by atoms with Crippen LogP contribution in [-0.2, 0) is 14.8 Å². The number of hydrogen-bond donors (Lipinski definition) is 0. The fourth-order valence-corrected chi connectivity index (χ4v) is 5.82. The van der Waals surface area contributed by atoms with Crippen LogP contribution in [0, 0.1) is 10.1 Å². The average molecular weight is 395 g/mol. The fraction of sp³-hybridized carbons (Fsp3) is 0.611. The molecule has 2 heterocycles. The fourth-order valence-electron chi connectivity index (χ4n) is 4.01. The van der Waals surface area contributed by atoms with Crippen LogP contribution in [0.3, 0.4) is 0 Å². The van der Waals surface area contributed by atoms with Gasteiger partial charge in [0.25, 0.3) is 15.7 Å². The Hall–Kier alpha value is -2.00. The number of nitrogens with zero attached hydrogens (tertiary/aromatic N) is 3. The molecular weight excluding hydrogens is 370 g/mol. The Labute approximate surface area is 159 Å². The number of amides is 1. The van der Waals surface area contributed by atoms with Crippen molar-refractivity contribution in [3.05, 3.63) is 34.4 Å². The van der Waals surface area contributed by atoms with Crippen molar-refractivity contribution in [2.45, 2.75) is 62.4 Å². The van der Waals surface area contributed by atoms with Crippen molar-refractivity contribution in [1.29, 1.82) is 0 Å². The molecule has 2 aliphatic heterocycles. The maximum atomic E-state index is 13.2. The van der Waals surface area contributed by atoms with Gasteiger partial charge in [0, 0.05) is 25.2 Å². The third kappa shape index (κ3) is 3.84. The molecule has 0 unspecified atom stereocenters. The number of nitro benzene ring substituents is 1. The second-order valence-electron chi connectivity index (χ2n) is 7.23. The van der Waals surface area contributed by atoms with Gasteiger partial charge in [0.2, 0.25) is 5.91 Å². The highest BCUT2D eigenvalue weighted by Gasteiger charge is 2.42. The average Bonchev–Trinajstić information content (AvgIpc) is 2.68. The molecule has 1 aromatic rings. The lowest BCUT2D eigenvalue weighted by Crippen LogP contribution is -2.55. The first-order chi connectivity index (χ1) is 12.8. The number of carbonyl (C=O) groups is 1. The lowest BCUT2D eigenvalue weighted by atomic mass is 9.99. The predicted octanol–water partition coefficient (Wildman–Crippen LogP) is 2.54. The molecule has 3 rings (SSSR count). The van der Waals surface area contributed by atoms with Crippen molar-refractivity contribution in [1.82, 2.24) is 9.21 Å². The Morgan fingerprint density at radius 3 is 2.48 bits per heavy atom. The van der Waals surface area contributed by atoms with Crippen molar-refractivity contribution in [3.63, 3.8) is 0 Å². The molecule has 0 bridgehead atoms. The van der Waals surface area contributed by atoms with Crippen LogP contribution in [0.4, 0.5) is 5.69 Å². The molecule has 1 aromatic carbocycles. The van der Waals surface area contributed by atoms with E-state index in [9.17, 15) is 23.3 Å². The molecule has 8 nitrogen and oxygen atoms in total. The maximum Gasteiger partial charge on any atom is 0.289 e. The van der Waals surface area contributed by atoms with Crippen LogP contribution in [-0.4, -0.2) is 53.6 Å². The van der Waals surface area contributed by atoms with Crippen molar-refractivity contribution >= 4 is 21.6 Å². The van der Waals surface area contributed by atoms with Crippen LogP contribution < -0.4 is 0 Å². The molecular formula is C18H25N3O5S. The molecule has 2 saturated heterocycles. The molecule has 0 N–H and O–H groups in total. The van der Waals surface area contributed by atoms with E-state index in [0.29, 0.717) is 19.4 Å². The third-order valence-electron chi connectivity index (χ3n) is 5.47. The molecule has 2 atom stereocenters. The summed E-state index contributed by atoms with van der Waals surface area (Å²) >= 11 is 0. The summed E-state index contributed by atoms with van der Waals surface area (Å²) in [5.41, 5.74) is -0.458. The van der Waals surface area contributed by atoms with Crippen LogP contribution in [0.2, 0.25) is 0 Å². The number of rotatable bonds is 4. The molecule has 0 aromatic heterocycles. The minimum Gasteiger partial charge on any atom is -0.339 e.